The normalized spacial score (nSPS) is 19.7. The van der Waals surface area contributed by atoms with Gasteiger partial charge in [-0.3, -0.25) is 0 Å². The van der Waals surface area contributed by atoms with Crippen LogP contribution in [0.1, 0.15) is 41.1 Å². The fraction of sp³-hybridized carbons (Fsp3) is 0.333. The first kappa shape index (κ1) is 17.7. The van der Waals surface area contributed by atoms with Crippen LogP contribution < -0.4 is 16.8 Å². The van der Waals surface area contributed by atoms with Crippen LogP contribution in [0.3, 0.4) is 0 Å². The Balaban J connectivity index is 1.83. The molecule has 0 spiro atoms. The van der Waals surface area contributed by atoms with Gasteiger partial charge in [0.25, 0.3) is 0 Å². The molecule has 0 saturated carbocycles. The maximum Gasteiger partial charge on any atom is 0.131 e. The molecule has 0 unspecified atom stereocenters. The Kier molecular flexibility index (Phi) is 4.92. The van der Waals surface area contributed by atoms with Crippen molar-refractivity contribution in [3.8, 4) is 11.1 Å². The molecule has 6 heteroatoms. The number of nitrogens with two attached hydrogens (primary N) is 2. The lowest BCUT2D eigenvalue weighted by Crippen LogP contribution is -2.19. The number of nitrogen functional groups attached to an aromatic ring is 1. The van der Waals surface area contributed by atoms with Crippen LogP contribution >= 0.6 is 0 Å². The van der Waals surface area contributed by atoms with Gasteiger partial charge in [0.1, 0.15) is 5.82 Å². The van der Waals surface area contributed by atoms with Gasteiger partial charge >= 0.3 is 0 Å². The molecule has 140 valence electrons. The van der Waals surface area contributed by atoms with Gasteiger partial charge in [0.05, 0.1) is 13.2 Å². The number of hydrogen-bond donors (Lipinski definition) is 4. The van der Waals surface area contributed by atoms with E-state index in [1.165, 1.54) is 35.5 Å². The number of nitrogens with zero attached hydrogens (tertiary/aromatic N) is 1. The van der Waals surface area contributed by atoms with Crippen molar-refractivity contribution in [2.45, 2.75) is 31.9 Å². The van der Waals surface area contributed by atoms with Crippen LogP contribution in [-0.4, -0.2) is 24.4 Å². The molecule has 0 amide bonds. The van der Waals surface area contributed by atoms with Crippen LogP contribution in [0.25, 0.3) is 16.7 Å². The van der Waals surface area contributed by atoms with Gasteiger partial charge in [0, 0.05) is 41.4 Å². The lowest BCUT2D eigenvalue weighted by Gasteiger charge is -2.25. The van der Waals surface area contributed by atoms with Crippen LogP contribution in [0.4, 0.5) is 5.82 Å². The first-order valence-corrected chi connectivity index (χ1v) is 9.36. The van der Waals surface area contributed by atoms with Crippen molar-refractivity contribution in [1.29, 1.82) is 5.41 Å². The number of anilines is 1. The molecule has 6 N–H and O–H groups in total. The standard InChI is InChI=1S/C21H25N5O/c22-9-16(10-23)17-8-15(11-26-21(17)24)14-6-13-3-5-27-12-19(13)18(7-14)20-2-1-4-25-20/h6-11,20,22,25H,1-5,12,23H2,(H2,24,26)/t20-/m0/s1. The number of benzene rings is 1. The maximum atomic E-state index is 7.56. The number of rotatable bonds is 4. The molecule has 3 heterocycles. The Morgan fingerprint density at radius 3 is 2.93 bits per heavy atom. The van der Waals surface area contributed by atoms with Gasteiger partial charge < -0.3 is 26.9 Å². The summed E-state index contributed by atoms with van der Waals surface area (Å²) in [4.78, 5) is 4.35. The van der Waals surface area contributed by atoms with E-state index in [9.17, 15) is 0 Å². The van der Waals surface area contributed by atoms with E-state index in [4.69, 9.17) is 21.6 Å². The molecule has 0 bridgehead atoms. The van der Waals surface area contributed by atoms with Crippen LogP contribution in [0.2, 0.25) is 0 Å². The number of allylic oxidation sites excluding steroid dienone is 1. The molecule has 27 heavy (non-hydrogen) atoms. The zero-order chi connectivity index (χ0) is 18.8. The van der Waals surface area contributed by atoms with Crippen LogP contribution in [-0.2, 0) is 17.8 Å². The van der Waals surface area contributed by atoms with E-state index in [0.29, 0.717) is 29.6 Å². The van der Waals surface area contributed by atoms with Crippen molar-refractivity contribution in [3.63, 3.8) is 0 Å². The van der Waals surface area contributed by atoms with Gasteiger partial charge in [-0.25, -0.2) is 4.98 Å². The third kappa shape index (κ3) is 3.34. The number of fused-ring (bicyclic) bond motifs is 1. The molecular formula is C21H25N5O. The van der Waals surface area contributed by atoms with Gasteiger partial charge in [0.15, 0.2) is 0 Å². The first-order chi connectivity index (χ1) is 13.2. The van der Waals surface area contributed by atoms with E-state index >= 15 is 0 Å². The molecule has 6 nitrogen and oxygen atoms in total. The summed E-state index contributed by atoms with van der Waals surface area (Å²) in [5, 5.41) is 11.2. The quantitative estimate of drug-likeness (QED) is 0.624. The Morgan fingerprint density at radius 2 is 2.19 bits per heavy atom. The lowest BCUT2D eigenvalue weighted by atomic mass is 9.88. The first-order valence-electron chi connectivity index (χ1n) is 9.36. The third-order valence-electron chi connectivity index (χ3n) is 5.47. The Labute approximate surface area is 159 Å². The highest BCUT2D eigenvalue weighted by atomic mass is 16.5. The van der Waals surface area contributed by atoms with Gasteiger partial charge in [-0.15, -0.1) is 0 Å². The second-order valence-corrected chi connectivity index (χ2v) is 7.08. The summed E-state index contributed by atoms with van der Waals surface area (Å²) >= 11 is 0. The van der Waals surface area contributed by atoms with Crippen molar-refractivity contribution in [2.75, 3.05) is 18.9 Å². The molecule has 2 aliphatic heterocycles. The lowest BCUT2D eigenvalue weighted by molar-refractivity contribution is 0.109. The van der Waals surface area contributed by atoms with Crippen LogP contribution in [0.15, 0.2) is 30.6 Å². The summed E-state index contributed by atoms with van der Waals surface area (Å²) in [6.07, 6.45) is 7.66. The van der Waals surface area contributed by atoms with E-state index < -0.39 is 0 Å². The number of ether oxygens (including phenoxy) is 1. The summed E-state index contributed by atoms with van der Waals surface area (Å²) in [6.45, 7) is 2.50. The maximum absolute atomic E-state index is 7.56. The van der Waals surface area contributed by atoms with Gasteiger partial charge in [-0.1, -0.05) is 6.07 Å². The van der Waals surface area contributed by atoms with Crippen molar-refractivity contribution >= 4 is 17.6 Å². The van der Waals surface area contributed by atoms with Gasteiger partial charge in [0.2, 0.25) is 0 Å². The summed E-state index contributed by atoms with van der Waals surface area (Å²) in [5.74, 6) is 0.378. The van der Waals surface area contributed by atoms with Crippen molar-refractivity contribution < 1.29 is 4.74 Å². The zero-order valence-electron chi connectivity index (χ0n) is 15.3. The summed E-state index contributed by atoms with van der Waals surface area (Å²) in [7, 11) is 0. The summed E-state index contributed by atoms with van der Waals surface area (Å²) in [5.41, 5.74) is 19.0. The van der Waals surface area contributed by atoms with E-state index in [-0.39, 0.29) is 0 Å². The van der Waals surface area contributed by atoms with E-state index in [0.717, 1.165) is 37.1 Å². The molecule has 0 radical (unpaired) electrons. The highest BCUT2D eigenvalue weighted by Crippen LogP contribution is 2.35. The predicted octanol–water partition coefficient (Wildman–Crippen LogP) is 2.78. The minimum Gasteiger partial charge on any atom is -0.404 e. The van der Waals surface area contributed by atoms with Gasteiger partial charge in [-0.05, 0) is 60.2 Å². The zero-order valence-corrected chi connectivity index (χ0v) is 15.3. The van der Waals surface area contributed by atoms with Crippen molar-refractivity contribution in [1.82, 2.24) is 10.3 Å². The molecule has 0 aliphatic carbocycles. The van der Waals surface area contributed by atoms with E-state index in [2.05, 4.69) is 22.4 Å². The second kappa shape index (κ2) is 7.50. The van der Waals surface area contributed by atoms with E-state index in [1.54, 1.807) is 6.20 Å². The fourth-order valence-electron chi connectivity index (χ4n) is 4.02. The highest BCUT2D eigenvalue weighted by Gasteiger charge is 2.24. The molecule has 1 saturated heterocycles. The Morgan fingerprint density at radius 1 is 1.30 bits per heavy atom. The van der Waals surface area contributed by atoms with Crippen LogP contribution in [0, 0.1) is 5.41 Å². The molecule has 4 rings (SSSR count). The molecule has 2 aliphatic rings. The minimum atomic E-state index is 0.377. The topological polar surface area (TPSA) is 110 Å². The minimum absolute atomic E-state index is 0.377. The smallest absolute Gasteiger partial charge is 0.131 e. The third-order valence-corrected chi connectivity index (χ3v) is 5.47. The second-order valence-electron chi connectivity index (χ2n) is 7.08. The summed E-state index contributed by atoms with van der Waals surface area (Å²) < 4.78 is 5.73. The Hall–Kier alpha value is -2.70. The molecule has 1 fully saturated rings. The molecule has 1 aromatic carbocycles. The monoisotopic (exact) mass is 363 g/mol. The Bertz CT molecular complexity index is 900. The average Bonchev–Trinajstić information content (AvgIpc) is 3.24. The number of pyridine rings is 1. The molecule has 1 aromatic heterocycles. The van der Waals surface area contributed by atoms with Gasteiger partial charge in [-0.2, -0.15) is 0 Å². The van der Waals surface area contributed by atoms with Crippen LogP contribution in [0.5, 0.6) is 0 Å². The number of aromatic nitrogens is 1. The fourth-order valence-corrected chi connectivity index (χ4v) is 4.02. The largest absolute Gasteiger partial charge is 0.404 e. The molecule has 2 aromatic rings. The van der Waals surface area contributed by atoms with E-state index in [1.807, 2.05) is 6.07 Å². The SMILES string of the molecule is N=CC(=CN)c1cc(-c2cc3c(c([C@@H]4CCCN4)c2)COCC3)cnc1N. The van der Waals surface area contributed by atoms with Crippen molar-refractivity contribution in [3.05, 3.63) is 52.8 Å². The molecule has 1 atom stereocenters. The predicted molar refractivity (Wildman–Crippen MR) is 108 cm³/mol. The highest BCUT2D eigenvalue weighted by molar-refractivity contribution is 6.10. The number of nitrogens with one attached hydrogen (secondary N) is 2. The number of hydrogen-bond acceptors (Lipinski definition) is 6. The molecular weight excluding hydrogens is 338 g/mol. The van der Waals surface area contributed by atoms with Crippen molar-refractivity contribution in [2.24, 2.45) is 5.73 Å². The summed E-state index contributed by atoms with van der Waals surface area (Å²) in [6, 6.07) is 6.84. The average molecular weight is 363 g/mol.